The van der Waals surface area contributed by atoms with Crippen molar-refractivity contribution in [1.82, 2.24) is 10.2 Å². The Bertz CT molecular complexity index is 933. The molecule has 9 nitrogen and oxygen atoms in total. The van der Waals surface area contributed by atoms with Gasteiger partial charge in [-0.25, -0.2) is 4.79 Å². The number of nitrogens with one attached hydrogen (secondary N) is 1. The van der Waals surface area contributed by atoms with Crippen LogP contribution in [0.5, 0.6) is 0 Å². The summed E-state index contributed by atoms with van der Waals surface area (Å²) in [6.45, 7) is 1.04. The molecule has 1 aromatic heterocycles. The van der Waals surface area contributed by atoms with E-state index in [1.807, 2.05) is 0 Å². The average Bonchev–Trinajstić information content (AvgIpc) is 3.16. The van der Waals surface area contributed by atoms with Crippen molar-refractivity contribution in [2.45, 2.75) is 37.4 Å². The summed E-state index contributed by atoms with van der Waals surface area (Å²) in [5.41, 5.74) is -0.791. The number of halogens is 3. The third-order valence-electron chi connectivity index (χ3n) is 4.22. The van der Waals surface area contributed by atoms with E-state index in [4.69, 9.17) is 4.74 Å². The Morgan fingerprint density at radius 3 is 2.65 bits per heavy atom. The third kappa shape index (κ3) is 5.19. The number of carboxylic acid groups (broad SMARTS) is 1. The number of ether oxygens (including phenoxy) is 2. The molecule has 3 atom stereocenters. The molecule has 1 aromatic rings. The maximum atomic E-state index is 12.5. The van der Waals surface area contributed by atoms with Crippen LogP contribution in [0.2, 0.25) is 0 Å². The second kappa shape index (κ2) is 8.88. The van der Waals surface area contributed by atoms with E-state index < -0.39 is 53.5 Å². The smallest absolute Gasteiger partial charge is 0.477 e. The van der Waals surface area contributed by atoms with Crippen molar-refractivity contribution in [3.8, 4) is 0 Å². The predicted molar refractivity (Wildman–Crippen MR) is 100 cm³/mol. The van der Waals surface area contributed by atoms with Gasteiger partial charge in [-0.15, -0.1) is 36.3 Å². The van der Waals surface area contributed by atoms with Crippen LogP contribution in [-0.4, -0.2) is 63.6 Å². The van der Waals surface area contributed by atoms with Crippen molar-refractivity contribution >= 4 is 46.9 Å². The zero-order chi connectivity index (χ0) is 22.9. The number of aliphatic carboxylic acids is 1. The second-order valence-corrected chi connectivity index (χ2v) is 8.52. The fourth-order valence-corrected chi connectivity index (χ4v) is 5.10. The van der Waals surface area contributed by atoms with E-state index in [0.29, 0.717) is 9.78 Å². The van der Waals surface area contributed by atoms with E-state index >= 15 is 0 Å². The number of rotatable bonds is 7. The van der Waals surface area contributed by atoms with Crippen LogP contribution in [0.3, 0.4) is 0 Å². The molecule has 14 heteroatoms. The van der Waals surface area contributed by atoms with Crippen LogP contribution in [0, 0.1) is 0 Å². The molecule has 2 amide bonds. The topological polar surface area (TPSA) is 122 Å². The lowest BCUT2D eigenvalue weighted by molar-refractivity contribution is -0.347. The van der Waals surface area contributed by atoms with Crippen molar-refractivity contribution in [3.05, 3.63) is 33.7 Å². The molecule has 0 aliphatic carbocycles. The first-order valence-corrected chi connectivity index (χ1v) is 10.6. The van der Waals surface area contributed by atoms with Gasteiger partial charge in [-0.05, 0) is 11.4 Å². The number of nitrogens with zero attached hydrogens (tertiary/aromatic N) is 1. The number of thiophene rings is 1. The molecule has 0 bridgehead atoms. The van der Waals surface area contributed by atoms with Crippen molar-refractivity contribution in [3.63, 3.8) is 0 Å². The highest BCUT2D eigenvalue weighted by Gasteiger charge is 2.58. The monoisotopic (exact) mass is 480 g/mol. The molecular weight excluding hydrogens is 465 g/mol. The standard InChI is InChI=1S/C17H15F3N2O7S2/c1-7(23)28-13(21-10(24)5-8-3-2-4-30-8)9-6-31-15-12(29-17(18,19)20)14(25)22(15)11(9)16(26)27/h2-4,12-13,15H,5-6H2,1H3,(H,21,24)(H,26,27)/t12-,13?,15-/m1/s1. The summed E-state index contributed by atoms with van der Waals surface area (Å²) >= 11 is 2.11. The molecule has 0 saturated carbocycles. The van der Waals surface area contributed by atoms with Gasteiger partial charge in [-0.1, -0.05) is 6.07 Å². The van der Waals surface area contributed by atoms with Crippen LogP contribution in [0.1, 0.15) is 11.8 Å². The summed E-state index contributed by atoms with van der Waals surface area (Å²) in [4.78, 5) is 49.3. The normalized spacial score (nSPS) is 21.8. The van der Waals surface area contributed by atoms with Gasteiger partial charge in [0.25, 0.3) is 5.91 Å². The van der Waals surface area contributed by atoms with E-state index in [0.717, 1.165) is 18.7 Å². The molecule has 1 saturated heterocycles. The van der Waals surface area contributed by atoms with Gasteiger partial charge in [0.05, 0.1) is 6.42 Å². The molecule has 2 N–H and O–H groups in total. The Morgan fingerprint density at radius 1 is 1.39 bits per heavy atom. The minimum atomic E-state index is -5.07. The van der Waals surface area contributed by atoms with Crippen molar-refractivity contribution in [2.24, 2.45) is 0 Å². The van der Waals surface area contributed by atoms with Gasteiger partial charge in [-0.2, -0.15) is 0 Å². The minimum Gasteiger partial charge on any atom is -0.477 e. The lowest BCUT2D eigenvalue weighted by Crippen LogP contribution is -2.67. The maximum Gasteiger partial charge on any atom is 0.523 e. The fraction of sp³-hybridized carbons (Fsp3) is 0.412. The number of alkyl halides is 3. The lowest BCUT2D eigenvalue weighted by Gasteiger charge is -2.49. The number of hydrogen-bond acceptors (Lipinski definition) is 8. The summed E-state index contributed by atoms with van der Waals surface area (Å²) in [5.74, 6) is -4.45. The van der Waals surface area contributed by atoms with E-state index in [9.17, 15) is 37.5 Å². The molecule has 2 aliphatic heterocycles. The number of fused-ring (bicyclic) bond motifs is 1. The Kier molecular flexibility index (Phi) is 6.62. The zero-order valence-corrected chi connectivity index (χ0v) is 17.3. The Balaban J connectivity index is 1.86. The third-order valence-corrected chi connectivity index (χ3v) is 6.37. The minimum absolute atomic E-state index is 0.0645. The van der Waals surface area contributed by atoms with Crippen molar-refractivity contribution in [2.75, 3.05) is 5.75 Å². The largest absolute Gasteiger partial charge is 0.523 e. The van der Waals surface area contributed by atoms with Gasteiger partial charge in [0.15, 0.2) is 6.10 Å². The van der Waals surface area contributed by atoms with Crippen LogP contribution in [0.15, 0.2) is 28.8 Å². The first kappa shape index (κ1) is 23.1. The highest BCUT2D eigenvalue weighted by atomic mass is 32.2. The van der Waals surface area contributed by atoms with Gasteiger partial charge in [0.2, 0.25) is 12.1 Å². The van der Waals surface area contributed by atoms with Crippen LogP contribution >= 0.6 is 23.1 Å². The van der Waals surface area contributed by atoms with Crippen LogP contribution < -0.4 is 5.32 Å². The molecule has 3 rings (SSSR count). The molecule has 1 unspecified atom stereocenters. The van der Waals surface area contributed by atoms with Gasteiger partial charge in [0.1, 0.15) is 11.1 Å². The SMILES string of the molecule is CC(=O)OC(NC(=O)Cc1cccs1)C1=C(C(=O)O)N2C(=O)[C@@H](OC(F)(F)F)[C@H]2SC1. The van der Waals surface area contributed by atoms with E-state index in [2.05, 4.69) is 10.1 Å². The molecule has 0 radical (unpaired) electrons. The molecule has 3 heterocycles. The number of carbonyl (C=O) groups is 4. The number of thioether (sulfide) groups is 1. The average molecular weight is 480 g/mol. The molecule has 31 heavy (non-hydrogen) atoms. The van der Waals surface area contributed by atoms with Gasteiger partial charge in [-0.3, -0.25) is 24.0 Å². The molecular formula is C17H15F3N2O7S2. The van der Waals surface area contributed by atoms with Crippen molar-refractivity contribution < 1.29 is 46.9 Å². The predicted octanol–water partition coefficient (Wildman–Crippen LogP) is 1.45. The molecule has 1 fully saturated rings. The highest BCUT2D eigenvalue weighted by Crippen LogP contribution is 2.44. The van der Waals surface area contributed by atoms with E-state index in [-0.39, 0.29) is 17.7 Å². The van der Waals surface area contributed by atoms with Crippen molar-refractivity contribution in [1.29, 1.82) is 0 Å². The first-order chi connectivity index (χ1) is 14.5. The molecule has 168 valence electrons. The quantitative estimate of drug-likeness (QED) is 0.342. The van der Waals surface area contributed by atoms with E-state index in [1.165, 1.54) is 11.3 Å². The summed E-state index contributed by atoms with van der Waals surface area (Å²) < 4.78 is 46.4. The Labute approximate surface area is 181 Å². The zero-order valence-electron chi connectivity index (χ0n) is 15.7. The number of esters is 1. The van der Waals surface area contributed by atoms with Crippen LogP contribution in [0.4, 0.5) is 13.2 Å². The summed E-state index contributed by atoms with van der Waals surface area (Å²) in [6, 6.07) is 3.43. The van der Waals surface area contributed by atoms with Gasteiger partial charge >= 0.3 is 18.3 Å². The van der Waals surface area contributed by atoms with Gasteiger partial charge < -0.3 is 15.2 Å². The summed E-state index contributed by atoms with van der Waals surface area (Å²) in [6.07, 6.45) is -8.54. The number of β-lactam (4-membered cyclic amide) rings is 1. The summed E-state index contributed by atoms with van der Waals surface area (Å²) in [7, 11) is 0. The van der Waals surface area contributed by atoms with Gasteiger partial charge in [0, 0.05) is 23.1 Å². The second-order valence-electron chi connectivity index (χ2n) is 6.39. The van der Waals surface area contributed by atoms with Crippen LogP contribution in [0.25, 0.3) is 0 Å². The number of carbonyl (C=O) groups excluding carboxylic acids is 3. The first-order valence-electron chi connectivity index (χ1n) is 8.62. The maximum absolute atomic E-state index is 12.5. The number of amides is 2. The van der Waals surface area contributed by atoms with E-state index in [1.54, 1.807) is 17.5 Å². The Hall–Kier alpha value is -2.58. The molecule has 0 spiro atoms. The number of hydrogen-bond donors (Lipinski definition) is 2. The highest BCUT2D eigenvalue weighted by molar-refractivity contribution is 8.00. The molecule has 2 aliphatic rings. The lowest BCUT2D eigenvalue weighted by atomic mass is 10.0. The Morgan fingerprint density at radius 2 is 2.10 bits per heavy atom. The van der Waals surface area contributed by atoms with Crippen LogP contribution in [-0.2, 0) is 35.1 Å². The summed E-state index contributed by atoms with van der Waals surface area (Å²) in [5, 5.41) is 12.6. The molecule has 0 aromatic carbocycles. The fourth-order valence-electron chi connectivity index (χ4n) is 3.05. The number of carboxylic acids is 1.